The second-order valence-corrected chi connectivity index (χ2v) is 10.2. The molecular weight excluding hydrogens is 392 g/mol. The summed E-state index contributed by atoms with van der Waals surface area (Å²) >= 11 is 0. The minimum Gasteiger partial charge on any atom is -0.468 e. The quantitative estimate of drug-likeness (QED) is 0.476. The number of carbonyl (C=O) groups excluding carboxylic acids is 2. The zero-order valence-electron chi connectivity index (χ0n) is 19.9. The number of likely N-dealkylation sites (tertiary alicyclic amines) is 1. The average molecular weight is 431 g/mol. The number of piperidine rings is 1. The number of carbonyl (C=O) groups is 2. The number of aromatic nitrogens is 1. The van der Waals surface area contributed by atoms with Crippen LogP contribution in [0.25, 0.3) is 0 Å². The van der Waals surface area contributed by atoms with Crippen LogP contribution < -0.4 is 0 Å². The van der Waals surface area contributed by atoms with Gasteiger partial charge >= 0.3 is 12.1 Å². The highest BCUT2D eigenvalue weighted by molar-refractivity contribution is 5.80. The van der Waals surface area contributed by atoms with Crippen LogP contribution in [0.5, 0.6) is 0 Å². The average Bonchev–Trinajstić information content (AvgIpc) is 3.28. The van der Waals surface area contributed by atoms with Gasteiger partial charge in [0.1, 0.15) is 5.60 Å². The molecule has 2 heterocycles. The Morgan fingerprint density at radius 2 is 1.74 bits per heavy atom. The molecule has 31 heavy (non-hydrogen) atoms. The molecule has 0 spiro atoms. The van der Waals surface area contributed by atoms with E-state index in [1.165, 1.54) is 18.5 Å². The summed E-state index contributed by atoms with van der Waals surface area (Å²) in [7, 11) is 1.48. The summed E-state index contributed by atoms with van der Waals surface area (Å²) in [5, 5.41) is 0. The highest BCUT2D eigenvalue weighted by Gasteiger charge is 2.43. The second-order valence-electron chi connectivity index (χ2n) is 10.2. The fourth-order valence-electron chi connectivity index (χ4n) is 5.02. The van der Waals surface area contributed by atoms with E-state index in [1.807, 2.05) is 20.8 Å². The third kappa shape index (κ3) is 5.34. The lowest BCUT2D eigenvalue weighted by atomic mass is 9.78. The van der Waals surface area contributed by atoms with Crippen LogP contribution in [-0.2, 0) is 14.3 Å². The number of methoxy groups -OCH3 is 1. The van der Waals surface area contributed by atoms with Crippen LogP contribution in [-0.4, -0.2) is 47.3 Å². The number of hydrogen-bond acceptors (Lipinski definition) is 4. The van der Waals surface area contributed by atoms with E-state index in [2.05, 4.69) is 42.7 Å². The molecule has 6 heteroatoms. The molecule has 0 bridgehead atoms. The van der Waals surface area contributed by atoms with Crippen molar-refractivity contribution in [2.45, 2.75) is 78.4 Å². The number of rotatable bonds is 5. The SMILES string of the molecule is COC(=O)C1(CCC2CCN(C(=O)OC(C)(C)C)CC2)C=CC(n2c(C)ccc2C)C1. The van der Waals surface area contributed by atoms with Crippen LogP contribution in [0.3, 0.4) is 0 Å². The summed E-state index contributed by atoms with van der Waals surface area (Å²) in [6.45, 7) is 11.3. The zero-order valence-corrected chi connectivity index (χ0v) is 19.9. The first kappa shape index (κ1) is 23.4. The van der Waals surface area contributed by atoms with Crippen LogP contribution in [0.1, 0.15) is 70.3 Å². The summed E-state index contributed by atoms with van der Waals surface area (Å²) in [5.41, 5.74) is 1.39. The van der Waals surface area contributed by atoms with Crippen molar-refractivity contribution in [3.63, 3.8) is 0 Å². The standard InChI is InChI=1S/C25H38N2O4/c1-18-7-8-19(2)27(18)21-10-14-25(17-21,22(28)30-6)13-9-20-11-15-26(16-12-20)23(29)31-24(3,4)5/h7-8,10,14,20-21H,9,11-13,15-17H2,1-6H3. The van der Waals surface area contributed by atoms with Crippen molar-refractivity contribution in [2.75, 3.05) is 20.2 Å². The third-order valence-electron chi connectivity index (χ3n) is 6.73. The van der Waals surface area contributed by atoms with Gasteiger partial charge in [-0.2, -0.15) is 0 Å². The van der Waals surface area contributed by atoms with E-state index in [4.69, 9.17) is 9.47 Å². The minimum atomic E-state index is -0.565. The molecule has 1 amide bonds. The Morgan fingerprint density at radius 3 is 2.29 bits per heavy atom. The third-order valence-corrected chi connectivity index (χ3v) is 6.73. The van der Waals surface area contributed by atoms with Gasteiger partial charge in [-0.05, 0) is 84.8 Å². The zero-order chi connectivity index (χ0) is 22.8. The lowest BCUT2D eigenvalue weighted by Gasteiger charge is -2.35. The Hall–Kier alpha value is -2.24. The molecule has 0 saturated carbocycles. The summed E-state index contributed by atoms with van der Waals surface area (Å²) in [4.78, 5) is 26.9. The van der Waals surface area contributed by atoms with Gasteiger partial charge in [-0.15, -0.1) is 0 Å². The Morgan fingerprint density at radius 1 is 1.13 bits per heavy atom. The molecule has 2 unspecified atom stereocenters. The van der Waals surface area contributed by atoms with Gasteiger partial charge in [0.15, 0.2) is 0 Å². The van der Waals surface area contributed by atoms with Crippen molar-refractivity contribution in [3.8, 4) is 0 Å². The predicted octanol–water partition coefficient (Wildman–Crippen LogP) is 5.19. The molecule has 1 aliphatic heterocycles. The molecule has 0 N–H and O–H groups in total. The molecule has 0 radical (unpaired) electrons. The van der Waals surface area contributed by atoms with Crippen LogP contribution in [0, 0.1) is 25.2 Å². The fourth-order valence-corrected chi connectivity index (χ4v) is 5.02. The molecule has 1 aromatic rings. The van der Waals surface area contributed by atoms with Crippen molar-refractivity contribution in [1.82, 2.24) is 9.47 Å². The monoisotopic (exact) mass is 430 g/mol. The predicted molar refractivity (Wildman–Crippen MR) is 121 cm³/mol. The maximum absolute atomic E-state index is 12.8. The number of nitrogens with zero attached hydrogens (tertiary/aromatic N) is 2. The van der Waals surface area contributed by atoms with E-state index in [1.54, 1.807) is 4.90 Å². The molecule has 1 saturated heterocycles. The van der Waals surface area contributed by atoms with Crippen LogP contribution in [0.15, 0.2) is 24.3 Å². The van der Waals surface area contributed by atoms with Crippen molar-refractivity contribution in [2.24, 2.45) is 11.3 Å². The normalized spacial score (nSPS) is 24.5. The van der Waals surface area contributed by atoms with Gasteiger partial charge in [0.05, 0.1) is 18.6 Å². The number of ether oxygens (including phenoxy) is 2. The maximum atomic E-state index is 12.8. The van der Waals surface area contributed by atoms with E-state index >= 15 is 0 Å². The Balaban J connectivity index is 1.58. The molecule has 2 aliphatic rings. The second kappa shape index (κ2) is 9.09. The van der Waals surface area contributed by atoms with Crippen molar-refractivity contribution >= 4 is 12.1 Å². The highest BCUT2D eigenvalue weighted by Crippen LogP contribution is 2.45. The molecular formula is C25H38N2O4. The number of allylic oxidation sites excluding steroid dienone is 1. The summed E-state index contributed by atoms with van der Waals surface area (Å²) in [6.07, 6.45) is 8.39. The molecule has 1 aromatic heterocycles. The van der Waals surface area contributed by atoms with E-state index in [0.717, 1.165) is 32.1 Å². The smallest absolute Gasteiger partial charge is 0.410 e. The van der Waals surface area contributed by atoms with Gasteiger partial charge in [0.25, 0.3) is 0 Å². The molecule has 1 aliphatic carbocycles. The Kier molecular flexibility index (Phi) is 6.87. The first-order valence-electron chi connectivity index (χ1n) is 11.4. The fraction of sp³-hybridized carbons (Fsp3) is 0.680. The first-order valence-corrected chi connectivity index (χ1v) is 11.4. The van der Waals surface area contributed by atoms with Crippen LogP contribution >= 0.6 is 0 Å². The van der Waals surface area contributed by atoms with Gasteiger partial charge in [-0.3, -0.25) is 4.79 Å². The Bertz CT molecular complexity index is 808. The molecule has 6 nitrogen and oxygen atoms in total. The number of amides is 1. The van der Waals surface area contributed by atoms with Crippen LogP contribution in [0.4, 0.5) is 4.79 Å². The first-order chi connectivity index (χ1) is 14.5. The number of hydrogen-bond donors (Lipinski definition) is 0. The minimum absolute atomic E-state index is 0.139. The van der Waals surface area contributed by atoms with Crippen molar-refractivity contribution < 1.29 is 19.1 Å². The van der Waals surface area contributed by atoms with E-state index in [9.17, 15) is 9.59 Å². The molecule has 0 aromatic carbocycles. The maximum Gasteiger partial charge on any atom is 0.410 e. The summed E-state index contributed by atoms with van der Waals surface area (Å²) in [5.74, 6) is 0.364. The van der Waals surface area contributed by atoms with Gasteiger partial charge in [-0.25, -0.2) is 4.79 Å². The molecule has 172 valence electrons. The molecule has 3 rings (SSSR count). The van der Waals surface area contributed by atoms with Gasteiger partial charge in [-0.1, -0.05) is 12.2 Å². The topological polar surface area (TPSA) is 60.8 Å². The summed E-state index contributed by atoms with van der Waals surface area (Å²) < 4.78 is 13.0. The lowest BCUT2D eigenvalue weighted by molar-refractivity contribution is -0.150. The molecule has 2 atom stereocenters. The number of aryl methyl sites for hydroxylation is 2. The summed E-state index contributed by atoms with van der Waals surface area (Å²) in [6, 6.07) is 4.43. The largest absolute Gasteiger partial charge is 0.468 e. The highest BCUT2D eigenvalue weighted by atomic mass is 16.6. The number of esters is 1. The van der Waals surface area contributed by atoms with E-state index in [-0.39, 0.29) is 18.1 Å². The van der Waals surface area contributed by atoms with Crippen molar-refractivity contribution in [3.05, 3.63) is 35.7 Å². The van der Waals surface area contributed by atoms with Gasteiger partial charge in [0, 0.05) is 24.5 Å². The van der Waals surface area contributed by atoms with Gasteiger partial charge in [0.2, 0.25) is 0 Å². The van der Waals surface area contributed by atoms with Gasteiger partial charge < -0.3 is 18.9 Å². The van der Waals surface area contributed by atoms with E-state index < -0.39 is 11.0 Å². The van der Waals surface area contributed by atoms with Crippen LogP contribution in [0.2, 0.25) is 0 Å². The lowest BCUT2D eigenvalue weighted by Crippen LogP contribution is -2.42. The van der Waals surface area contributed by atoms with E-state index in [0.29, 0.717) is 19.0 Å². The Labute approximate surface area is 186 Å². The van der Waals surface area contributed by atoms with Crippen molar-refractivity contribution in [1.29, 1.82) is 0 Å². The molecule has 1 fully saturated rings.